The van der Waals surface area contributed by atoms with Crippen LogP contribution in [0.1, 0.15) is 47.2 Å². The molecule has 298 valence electrons. The summed E-state index contributed by atoms with van der Waals surface area (Å²) in [6.07, 6.45) is 0. The molecule has 5 heteroatoms. The third-order valence-corrected chi connectivity index (χ3v) is 17.6. The Morgan fingerprint density at radius 3 is 2.05 bits per heavy atom. The van der Waals surface area contributed by atoms with Crippen molar-refractivity contribution in [1.29, 1.82) is 0 Å². The molecule has 63 heavy (non-hydrogen) atoms. The summed E-state index contributed by atoms with van der Waals surface area (Å²) >= 11 is 0. The molecular formula is C58H38NO3P. The number of benzene rings is 9. The van der Waals surface area contributed by atoms with Gasteiger partial charge in [0, 0.05) is 65.8 Å². The van der Waals surface area contributed by atoms with E-state index in [2.05, 4.69) is 164 Å². The van der Waals surface area contributed by atoms with E-state index in [-0.39, 0.29) is 5.41 Å². The number of aromatic nitrogens is 1. The first-order valence-electron chi connectivity index (χ1n) is 21.7. The number of ether oxygens (including phenoxy) is 1. The fourth-order valence-electron chi connectivity index (χ4n) is 11.9. The molecule has 0 fully saturated rings. The van der Waals surface area contributed by atoms with E-state index >= 15 is 4.57 Å². The molecule has 1 aliphatic carbocycles. The summed E-state index contributed by atoms with van der Waals surface area (Å²) in [4.78, 5) is 0. The summed E-state index contributed by atoms with van der Waals surface area (Å²) in [5, 5.41) is 6.87. The summed E-state index contributed by atoms with van der Waals surface area (Å²) in [5.41, 5.74) is 13.0. The maximum Gasteiger partial charge on any atom is 0.171 e. The van der Waals surface area contributed by atoms with Crippen LogP contribution in [0.15, 0.2) is 199 Å². The van der Waals surface area contributed by atoms with Gasteiger partial charge >= 0.3 is 0 Å². The third kappa shape index (κ3) is 4.29. The summed E-state index contributed by atoms with van der Waals surface area (Å²) in [6.45, 7) is 4.73. The Labute approximate surface area is 364 Å². The Bertz CT molecular complexity index is 3850. The van der Waals surface area contributed by atoms with E-state index in [9.17, 15) is 0 Å². The van der Waals surface area contributed by atoms with Crippen molar-refractivity contribution < 1.29 is 13.7 Å². The highest BCUT2D eigenvalue weighted by atomic mass is 31.2. The number of fused-ring (bicyclic) bond motifs is 18. The molecule has 1 unspecified atom stereocenters. The minimum Gasteiger partial charge on any atom is -0.457 e. The van der Waals surface area contributed by atoms with Crippen molar-refractivity contribution >= 4 is 66.8 Å². The number of hydrogen-bond acceptors (Lipinski definition) is 3. The summed E-state index contributed by atoms with van der Waals surface area (Å²) in [5.74, 6) is 1.54. The van der Waals surface area contributed by atoms with Crippen molar-refractivity contribution in [2.75, 3.05) is 0 Å². The molecule has 0 amide bonds. The molecule has 0 radical (unpaired) electrons. The SMILES string of the molecule is CC1(C)c2ccccc2-c2ccc3c4ccccc4n(-c4ccc5c(c4)Oc4ccccc4[C@@]54c5ccccc5P(=O)(c5ccccc5)c5cc6oc7ccccc7c6cc54)c3c21. The highest BCUT2D eigenvalue weighted by Gasteiger charge is 2.55. The topological polar surface area (TPSA) is 44.4 Å². The molecule has 0 N–H and O–H groups in total. The second-order valence-electron chi connectivity index (χ2n) is 17.9. The predicted octanol–water partition coefficient (Wildman–Crippen LogP) is 13.4. The van der Waals surface area contributed by atoms with Gasteiger partial charge in [0.15, 0.2) is 7.14 Å². The molecule has 9 aromatic carbocycles. The largest absolute Gasteiger partial charge is 0.457 e. The van der Waals surface area contributed by atoms with Crippen LogP contribution in [0.5, 0.6) is 11.5 Å². The first kappa shape index (κ1) is 35.2. The van der Waals surface area contributed by atoms with E-state index in [1.165, 1.54) is 38.5 Å². The normalized spacial score (nSPS) is 18.8. The van der Waals surface area contributed by atoms with Crippen molar-refractivity contribution in [3.05, 3.63) is 228 Å². The van der Waals surface area contributed by atoms with Crippen molar-refractivity contribution in [3.8, 4) is 28.3 Å². The third-order valence-electron chi connectivity index (χ3n) is 14.5. The molecule has 2 aliphatic heterocycles. The van der Waals surface area contributed by atoms with Crippen LogP contribution in [0.2, 0.25) is 0 Å². The molecule has 2 aromatic heterocycles. The van der Waals surface area contributed by atoms with E-state index in [0.717, 1.165) is 82.8 Å². The van der Waals surface area contributed by atoms with Crippen molar-refractivity contribution in [2.45, 2.75) is 24.7 Å². The smallest absolute Gasteiger partial charge is 0.171 e. The predicted molar refractivity (Wildman–Crippen MR) is 257 cm³/mol. The molecule has 4 nitrogen and oxygen atoms in total. The van der Waals surface area contributed by atoms with Gasteiger partial charge in [0.25, 0.3) is 0 Å². The molecule has 0 bridgehead atoms. The molecule has 0 saturated carbocycles. The molecule has 4 heterocycles. The highest BCUT2D eigenvalue weighted by Crippen LogP contribution is 2.63. The van der Waals surface area contributed by atoms with Gasteiger partial charge in [0.1, 0.15) is 22.7 Å². The Hall–Kier alpha value is -7.39. The standard InChI is InChI=1S/C58H38NO3P/c1-57(2)43-21-9-6-18-37(43)40-29-30-41-38-19-7-12-24-48(38)59(56(41)55(40)57)35-28-31-45-52(32-35)62-50-26-14-10-22-44(50)58(45)46-23-11-15-27-53(46)63(60,36-16-4-3-5-17-36)54-34-51-42(33-47(54)58)39-20-8-13-25-49(39)61-51/h3-34H,1-2H3/t58-,63?/m0/s1. The molecule has 3 aliphatic rings. The lowest BCUT2D eigenvalue weighted by Crippen LogP contribution is -2.48. The van der Waals surface area contributed by atoms with E-state index < -0.39 is 12.6 Å². The second kappa shape index (κ2) is 12.2. The van der Waals surface area contributed by atoms with Crippen molar-refractivity contribution in [2.24, 2.45) is 0 Å². The first-order chi connectivity index (χ1) is 30.9. The van der Waals surface area contributed by atoms with E-state index in [4.69, 9.17) is 9.15 Å². The van der Waals surface area contributed by atoms with E-state index in [1.54, 1.807) is 0 Å². The van der Waals surface area contributed by atoms with Crippen LogP contribution >= 0.6 is 7.14 Å². The van der Waals surface area contributed by atoms with Crippen LogP contribution in [0.3, 0.4) is 0 Å². The molecule has 1 spiro atoms. The Balaban J connectivity index is 1.11. The van der Waals surface area contributed by atoms with E-state index in [0.29, 0.717) is 0 Å². The van der Waals surface area contributed by atoms with Crippen LogP contribution in [0.4, 0.5) is 0 Å². The lowest BCUT2D eigenvalue weighted by molar-refractivity contribution is 0.435. The number of para-hydroxylation sites is 3. The van der Waals surface area contributed by atoms with Gasteiger partial charge < -0.3 is 18.3 Å². The minimum atomic E-state index is -3.46. The summed E-state index contributed by atoms with van der Waals surface area (Å²) in [6, 6.07) is 68.5. The van der Waals surface area contributed by atoms with Gasteiger partial charge in [-0.2, -0.15) is 0 Å². The monoisotopic (exact) mass is 827 g/mol. The fourth-order valence-corrected chi connectivity index (χ4v) is 15.1. The first-order valence-corrected chi connectivity index (χ1v) is 23.4. The molecule has 0 saturated heterocycles. The summed E-state index contributed by atoms with van der Waals surface area (Å²) in [7, 11) is -3.46. The van der Waals surface area contributed by atoms with Crippen molar-refractivity contribution in [3.63, 3.8) is 0 Å². The van der Waals surface area contributed by atoms with Gasteiger partial charge in [0.05, 0.1) is 16.4 Å². The van der Waals surface area contributed by atoms with Gasteiger partial charge in [-0.1, -0.05) is 166 Å². The fraction of sp³-hybridized carbons (Fsp3) is 0.0690. The average molecular weight is 828 g/mol. The molecule has 2 atom stereocenters. The zero-order chi connectivity index (χ0) is 41.8. The molecule has 11 aromatic rings. The number of nitrogens with zero attached hydrogens (tertiary/aromatic N) is 1. The van der Waals surface area contributed by atoms with Crippen molar-refractivity contribution in [1.82, 2.24) is 4.57 Å². The lowest BCUT2D eigenvalue weighted by Gasteiger charge is -2.47. The van der Waals surface area contributed by atoms with E-state index in [1.807, 2.05) is 48.5 Å². The minimum absolute atomic E-state index is 0.226. The van der Waals surface area contributed by atoms with Crippen LogP contribution < -0.4 is 20.7 Å². The Kier molecular flexibility index (Phi) is 6.80. The lowest BCUT2D eigenvalue weighted by atomic mass is 9.63. The molecule has 14 rings (SSSR count). The highest BCUT2D eigenvalue weighted by molar-refractivity contribution is 7.85. The second-order valence-corrected chi connectivity index (χ2v) is 20.6. The van der Waals surface area contributed by atoms with Crippen LogP contribution in [0, 0.1) is 0 Å². The van der Waals surface area contributed by atoms with Crippen LogP contribution in [0.25, 0.3) is 60.6 Å². The van der Waals surface area contributed by atoms with Gasteiger partial charge in [-0.15, -0.1) is 0 Å². The molecular weight excluding hydrogens is 790 g/mol. The van der Waals surface area contributed by atoms with Crippen LogP contribution in [-0.4, -0.2) is 4.57 Å². The average Bonchev–Trinajstić information content (AvgIpc) is 3.95. The zero-order valence-electron chi connectivity index (χ0n) is 34.6. The number of hydrogen-bond donors (Lipinski definition) is 0. The number of rotatable bonds is 2. The van der Waals surface area contributed by atoms with Gasteiger partial charge in [0.2, 0.25) is 0 Å². The van der Waals surface area contributed by atoms with Gasteiger partial charge in [-0.3, -0.25) is 0 Å². The maximum atomic E-state index is 16.6. The Morgan fingerprint density at radius 1 is 0.476 bits per heavy atom. The Morgan fingerprint density at radius 2 is 1.17 bits per heavy atom. The van der Waals surface area contributed by atoms with Gasteiger partial charge in [-0.05, 0) is 69.8 Å². The zero-order valence-corrected chi connectivity index (χ0v) is 35.5. The van der Waals surface area contributed by atoms with Gasteiger partial charge in [-0.25, -0.2) is 0 Å². The summed E-state index contributed by atoms with van der Waals surface area (Å²) < 4.78 is 32.8. The number of furan rings is 1. The maximum absolute atomic E-state index is 16.6. The van der Waals surface area contributed by atoms with Crippen LogP contribution in [-0.2, 0) is 15.4 Å². The quantitative estimate of drug-likeness (QED) is 0.163.